The van der Waals surface area contributed by atoms with Gasteiger partial charge in [-0.1, -0.05) is 60.3 Å². The van der Waals surface area contributed by atoms with Crippen LogP contribution in [0.25, 0.3) is 33.2 Å². The molecule has 0 aliphatic heterocycles. The zero-order valence-electron chi connectivity index (χ0n) is 15.3. The van der Waals surface area contributed by atoms with Gasteiger partial charge in [-0.05, 0) is 24.1 Å². The molecule has 5 rings (SSSR count). The van der Waals surface area contributed by atoms with Crippen molar-refractivity contribution in [1.82, 2.24) is 24.9 Å². The van der Waals surface area contributed by atoms with Gasteiger partial charge in [0.25, 0.3) is 0 Å². The molecule has 1 N–H and O–H groups in total. The fourth-order valence-corrected chi connectivity index (χ4v) is 4.42. The lowest BCUT2D eigenvalue weighted by Crippen LogP contribution is -1.98. The summed E-state index contributed by atoms with van der Waals surface area (Å²) >= 11 is 1.65. The van der Waals surface area contributed by atoms with Crippen molar-refractivity contribution in [2.45, 2.75) is 17.7 Å². The number of hydrogen-bond acceptors (Lipinski definition) is 5. The van der Waals surface area contributed by atoms with Crippen molar-refractivity contribution in [2.75, 3.05) is 0 Å². The highest BCUT2D eigenvalue weighted by atomic mass is 32.2. The second-order valence-electron chi connectivity index (χ2n) is 6.51. The van der Waals surface area contributed by atoms with Crippen LogP contribution in [0.5, 0.6) is 0 Å². The fraction of sp³-hybridized carbons (Fsp3) is 0.0909. The Morgan fingerprint density at radius 3 is 2.64 bits per heavy atom. The first-order chi connectivity index (χ1) is 13.8. The SMILES string of the molecule is Cc1c(-c2ccccc2)c(CSc2ncnc3nc[nH]c23)nc2ccccc12. The number of benzene rings is 2. The van der Waals surface area contributed by atoms with Crippen molar-refractivity contribution in [2.24, 2.45) is 0 Å². The lowest BCUT2D eigenvalue weighted by Gasteiger charge is -2.15. The number of aryl methyl sites for hydroxylation is 1. The third-order valence-corrected chi connectivity index (χ3v) is 5.82. The van der Waals surface area contributed by atoms with E-state index in [0.717, 1.165) is 21.8 Å². The molecule has 0 aliphatic carbocycles. The number of aromatic amines is 1. The highest BCUT2D eigenvalue weighted by Crippen LogP contribution is 2.35. The number of H-pyrrole nitrogens is 1. The second-order valence-corrected chi connectivity index (χ2v) is 7.47. The van der Waals surface area contributed by atoms with Gasteiger partial charge in [0.2, 0.25) is 0 Å². The number of thioether (sulfide) groups is 1. The maximum Gasteiger partial charge on any atom is 0.181 e. The molecule has 6 heteroatoms. The van der Waals surface area contributed by atoms with E-state index in [-0.39, 0.29) is 0 Å². The van der Waals surface area contributed by atoms with Gasteiger partial charge in [-0.25, -0.2) is 15.0 Å². The monoisotopic (exact) mass is 383 g/mol. The van der Waals surface area contributed by atoms with Gasteiger partial charge >= 0.3 is 0 Å². The van der Waals surface area contributed by atoms with Crippen LogP contribution < -0.4 is 0 Å². The van der Waals surface area contributed by atoms with Gasteiger partial charge in [-0.2, -0.15) is 0 Å². The molecular formula is C22H17N5S. The summed E-state index contributed by atoms with van der Waals surface area (Å²) in [7, 11) is 0. The number of aromatic nitrogens is 5. The Morgan fingerprint density at radius 2 is 1.75 bits per heavy atom. The van der Waals surface area contributed by atoms with Crippen LogP contribution in [0.1, 0.15) is 11.3 Å². The Labute approximate surface area is 166 Å². The number of pyridine rings is 1. The van der Waals surface area contributed by atoms with E-state index in [0.29, 0.717) is 11.4 Å². The predicted molar refractivity (Wildman–Crippen MR) is 113 cm³/mol. The van der Waals surface area contributed by atoms with E-state index < -0.39 is 0 Å². The summed E-state index contributed by atoms with van der Waals surface area (Å²) in [5.41, 5.74) is 7.25. The first-order valence-corrected chi connectivity index (χ1v) is 10.0. The smallest absolute Gasteiger partial charge is 0.181 e. The Balaban J connectivity index is 1.62. The second kappa shape index (κ2) is 7.05. The van der Waals surface area contributed by atoms with Crippen molar-refractivity contribution < 1.29 is 0 Å². The third kappa shape index (κ3) is 2.92. The summed E-state index contributed by atoms with van der Waals surface area (Å²) in [6.45, 7) is 2.18. The van der Waals surface area contributed by atoms with Crippen LogP contribution in [-0.4, -0.2) is 24.9 Å². The molecule has 5 aromatic rings. The summed E-state index contributed by atoms with van der Waals surface area (Å²) in [4.78, 5) is 21.0. The largest absolute Gasteiger partial charge is 0.341 e. The van der Waals surface area contributed by atoms with Gasteiger partial charge < -0.3 is 4.98 Å². The molecule has 0 aliphatic rings. The van der Waals surface area contributed by atoms with Crippen LogP contribution in [0.15, 0.2) is 72.3 Å². The summed E-state index contributed by atoms with van der Waals surface area (Å²) < 4.78 is 0. The first-order valence-electron chi connectivity index (χ1n) is 9.02. The molecule has 5 nitrogen and oxygen atoms in total. The van der Waals surface area contributed by atoms with Gasteiger partial charge in [-0.15, -0.1) is 0 Å². The van der Waals surface area contributed by atoms with E-state index in [1.54, 1.807) is 24.4 Å². The van der Waals surface area contributed by atoms with Crippen LogP contribution in [-0.2, 0) is 5.75 Å². The van der Waals surface area contributed by atoms with E-state index in [9.17, 15) is 0 Å². The summed E-state index contributed by atoms with van der Waals surface area (Å²) in [6, 6.07) is 18.8. The molecule has 0 saturated heterocycles. The highest BCUT2D eigenvalue weighted by molar-refractivity contribution is 7.98. The van der Waals surface area contributed by atoms with E-state index in [4.69, 9.17) is 4.98 Å². The molecule has 0 spiro atoms. The lowest BCUT2D eigenvalue weighted by atomic mass is 9.96. The van der Waals surface area contributed by atoms with E-state index in [1.807, 2.05) is 12.1 Å². The quantitative estimate of drug-likeness (QED) is 0.343. The molecule has 0 fully saturated rings. The number of imidazole rings is 1. The third-order valence-electron chi connectivity index (χ3n) is 4.82. The number of para-hydroxylation sites is 1. The fourth-order valence-electron chi connectivity index (χ4n) is 3.52. The maximum atomic E-state index is 5.01. The molecular weight excluding hydrogens is 366 g/mol. The zero-order chi connectivity index (χ0) is 18.9. The van der Waals surface area contributed by atoms with E-state index >= 15 is 0 Å². The molecule has 3 heterocycles. The molecule has 0 atom stereocenters. The first kappa shape index (κ1) is 16.9. The van der Waals surface area contributed by atoms with Crippen molar-refractivity contribution in [3.8, 4) is 11.1 Å². The normalized spacial score (nSPS) is 11.3. The Hall–Kier alpha value is -3.25. The summed E-state index contributed by atoms with van der Waals surface area (Å²) in [5, 5.41) is 2.07. The van der Waals surface area contributed by atoms with Crippen molar-refractivity contribution in [1.29, 1.82) is 0 Å². The molecule has 0 radical (unpaired) electrons. The van der Waals surface area contributed by atoms with Gasteiger partial charge in [-0.3, -0.25) is 4.98 Å². The highest BCUT2D eigenvalue weighted by Gasteiger charge is 2.15. The molecule has 0 amide bonds. The van der Waals surface area contributed by atoms with Gasteiger partial charge in [0.05, 0.1) is 17.5 Å². The van der Waals surface area contributed by atoms with Gasteiger partial charge in [0.15, 0.2) is 5.65 Å². The number of nitrogens with one attached hydrogen (secondary N) is 1. The predicted octanol–water partition coefficient (Wildman–Crippen LogP) is 5.17. The zero-order valence-corrected chi connectivity index (χ0v) is 16.1. The standard InChI is InChI=1S/C22H17N5S/c1-14-16-9-5-6-10-17(16)27-18(19(14)15-7-3-2-4-8-15)11-28-22-20-21(24-12-23-20)25-13-26-22/h2-10,12-13H,11H2,1H3,(H,23,24,25,26). The lowest BCUT2D eigenvalue weighted by molar-refractivity contribution is 1.08. The Kier molecular flexibility index (Phi) is 4.25. The number of hydrogen-bond donors (Lipinski definition) is 1. The van der Waals surface area contributed by atoms with Crippen LogP contribution >= 0.6 is 11.8 Å². The summed E-state index contributed by atoms with van der Waals surface area (Å²) in [5.74, 6) is 0.709. The molecule has 0 unspecified atom stereocenters. The van der Waals surface area contributed by atoms with Gasteiger partial charge in [0.1, 0.15) is 16.9 Å². The van der Waals surface area contributed by atoms with Crippen molar-refractivity contribution in [3.05, 3.63) is 78.5 Å². The molecule has 0 saturated carbocycles. The summed E-state index contributed by atoms with van der Waals surface area (Å²) in [6.07, 6.45) is 3.21. The molecule has 3 aromatic heterocycles. The minimum Gasteiger partial charge on any atom is -0.341 e. The Bertz CT molecular complexity index is 1280. The Morgan fingerprint density at radius 1 is 0.929 bits per heavy atom. The van der Waals surface area contributed by atoms with Crippen LogP contribution in [0.4, 0.5) is 0 Å². The van der Waals surface area contributed by atoms with Gasteiger partial charge in [0, 0.05) is 16.7 Å². The molecule has 2 aromatic carbocycles. The molecule has 0 bridgehead atoms. The van der Waals surface area contributed by atoms with E-state index in [2.05, 4.69) is 69.3 Å². The minimum atomic E-state index is 0.684. The number of fused-ring (bicyclic) bond motifs is 2. The average Bonchev–Trinajstić information content (AvgIpc) is 3.22. The van der Waals surface area contributed by atoms with Crippen LogP contribution in [0.2, 0.25) is 0 Å². The molecule has 136 valence electrons. The van der Waals surface area contributed by atoms with E-state index in [1.165, 1.54) is 22.1 Å². The van der Waals surface area contributed by atoms with Crippen LogP contribution in [0.3, 0.4) is 0 Å². The van der Waals surface area contributed by atoms with Crippen molar-refractivity contribution in [3.63, 3.8) is 0 Å². The number of nitrogens with zero attached hydrogens (tertiary/aromatic N) is 4. The number of rotatable bonds is 4. The molecule has 28 heavy (non-hydrogen) atoms. The maximum absolute atomic E-state index is 5.01. The topological polar surface area (TPSA) is 67.3 Å². The van der Waals surface area contributed by atoms with Crippen molar-refractivity contribution >= 4 is 33.8 Å². The minimum absolute atomic E-state index is 0.684. The van der Waals surface area contributed by atoms with Crippen LogP contribution in [0, 0.1) is 6.92 Å². The average molecular weight is 383 g/mol.